The molecule has 1 amide bonds. The monoisotopic (exact) mass is 431 g/mol. The maximum absolute atomic E-state index is 12.8. The summed E-state index contributed by atoms with van der Waals surface area (Å²) < 4.78 is 0.298. The Kier molecular flexibility index (Phi) is 3.98. The van der Waals surface area contributed by atoms with Crippen molar-refractivity contribution in [2.75, 3.05) is 5.32 Å². The van der Waals surface area contributed by atoms with Crippen molar-refractivity contribution in [3.63, 3.8) is 0 Å². The van der Waals surface area contributed by atoms with E-state index in [4.69, 9.17) is 0 Å². The van der Waals surface area contributed by atoms with Crippen molar-refractivity contribution < 1.29 is 4.79 Å². The molecule has 2 heterocycles. The predicted molar refractivity (Wildman–Crippen MR) is 107 cm³/mol. The van der Waals surface area contributed by atoms with E-state index in [1.807, 2.05) is 17.5 Å². The quantitative estimate of drug-likeness (QED) is 0.670. The lowest BCUT2D eigenvalue weighted by atomic mass is 9.48. The van der Waals surface area contributed by atoms with Gasteiger partial charge < -0.3 is 5.32 Å². The Balaban J connectivity index is 1.28. The van der Waals surface area contributed by atoms with Gasteiger partial charge in [0.2, 0.25) is 5.91 Å². The molecule has 4 aliphatic carbocycles. The van der Waals surface area contributed by atoms with Gasteiger partial charge in [-0.05, 0) is 67.9 Å². The maximum Gasteiger partial charge on any atom is 0.226 e. The van der Waals surface area contributed by atoms with Crippen LogP contribution in [0.4, 0.5) is 5.13 Å². The van der Waals surface area contributed by atoms with Crippen LogP contribution in [0, 0.1) is 17.3 Å². The average molecular weight is 432 g/mol. The second-order valence-corrected chi connectivity index (χ2v) is 11.2. The van der Waals surface area contributed by atoms with Gasteiger partial charge in [0.25, 0.3) is 0 Å². The molecule has 136 valence electrons. The van der Waals surface area contributed by atoms with Crippen LogP contribution in [0.2, 0.25) is 0 Å². The zero-order valence-corrected chi connectivity index (χ0v) is 17.0. The van der Waals surface area contributed by atoms with Crippen LogP contribution in [-0.2, 0) is 4.79 Å². The fourth-order valence-corrected chi connectivity index (χ4v) is 8.27. The summed E-state index contributed by atoms with van der Waals surface area (Å²) in [4.78, 5) is 21.5. The third kappa shape index (κ3) is 3.11. The third-order valence-electron chi connectivity index (χ3n) is 6.35. The molecule has 0 radical (unpaired) electrons. The van der Waals surface area contributed by atoms with Crippen LogP contribution in [-0.4, -0.2) is 20.2 Å². The summed E-state index contributed by atoms with van der Waals surface area (Å²) in [6.45, 7) is 0. The molecule has 2 atom stereocenters. The first kappa shape index (κ1) is 16.9. The molecule has 6 heteroatoms. The van der Waals surface area contributed by atoms with Gasteiger partial charge in [0.15, 0.2) is 5.13 Å². The molecule has 26 heavy (non-hydrogen) atoms. The number of halogens is 1. The standard InChI is InChI=1S/C20H22BrN3OS/c21-20-7-13-4-14(8-20)6-19(5-13,12-20)9-17(25)24-18-23-16(11-26-18)15-2-1-3-22-10-15/h1-3,10-11,13-14H,4-9,12H2,(H,23,24,25). The molecule has 0 saturated heterocycles. The molecule has 6 rings (SSSR count). The van der Waals surface area contributed by atoms with Crippen LogP contribution in [0.1, 0.15) is 44.9 Å². The molecule has 0 aliphatic heterocycles. The highest BCUT2D eigenvalue weighted by Crippen LogP contribution is 2.65. The van der Waals surface area contributed by atoms with Crippen molar-refractivity contribution in [1.29, 1.82) is 0 Å². The Morgan fingerprint density at radius 3 is 2.81 bits per heavy atom. The summed E-state index contributed by atoms with van der Waals surface area (Å²) in [6, 6.07) is 3.88. The average Bonchev–Trinajstić information content (AvgIpc) is 3.01. The van der Waals surface area contributed by atoms with E-state index in [1.165, 1.54) is 43.4 Å². The van der Waals surface area contributed by atoms with E-state index in [0.29, 0.717) is 15.9 Å². The summed E-state index contributed by atoms with van der Waals surface area (Å²) in [5, 5.41) is 5.72. The Morgan fingerprint density at radius 1 is 1.31 bits per heavy atom. The minimum absolute atomic E-state index is 0.120. The molecular formula is C20H22BrN3OS. The summed E-state index contributed by atoms with van der Waals surface area (Å²) in [7, 11) is 0. The fraction of sp³-hybridized carbons (Fsp3) is 0.550. The minimum Gasteiger partial charge on any atom is -0.302 e. The molecule has 0 spiro atoms. The van der Waals surface area contributed by atoms with Crippen molar-refractivity contribution >= 4 is 38.3 Å². The largest absolute Gasteiger partial charge is 0.302 e. The summed E-state index contributed by atoms with van der Waals surface area (Å²) >= 11 is 5.51. The van der Waals surface area contributed by atoms with E-state index in [2.05, 4.69) is 31.2 Å². The number of pyridine rings is 1. The predicted octanol–water partition coefficient (Wildman–Crippen LogP) is 5.27. The number of alkyl halides is 1. The first-order valence-electron chi connectivity index (χ1n) is 9.36. The van der Waals surface area contributed by atoms with E-state index in [-0.39, 0.29) is 11.3 Å². The van der Waals surface area contributed by atoms with Gasteiger partial charge in [-0.15, -0.1) is 11.3 Å². The van der Waals surface area contributed by atoms with Crippen molar-refractivity contribution in [2.24, 2.45) is 17.3 Å². The smallest absolute Gasteiger partial charge is 0.226 e. The van der Waals surface area contributed by atoms with Gasteiger partial charge in [-0.25, -0.2) is 4.98 Å². The number of hydrogen-bond acceptors (Lipinski definition) is 4. The van der Waals surface area contributed by atoms with Crippen LogP contribution in [0.15, 0.2) is 29.9 Å². The number of nitrogens with one attached hydrogen (secondary N) is 1. The summed E-state index contributed by atoms with van der Waals surface area (Å²) in [6.07, 6.45) is 11.8. The lowest BCUT2D eigenvalue weighted by molar-refractivity contribution is -0.123. The second-order valence-electron chi connectivity index (χ2n) is 8.62. The van der Waals surface area contributed by atoms with Gasteiger partial charge in [-0.2, -0.15) is 0 Å². The zero-order valence-electron chi connectivity index (χ0n) is 14.6. The zero-order chi connectivity index (χ0) is 17.8. The SMILES string of the molecule is O=C(CC12CC3CC(CC(Br)(C3)C1)C2)Nc1nc(-c2cccnc2)cs1. The lowest BCUT2D eigenvalue weighted by Gasteiger charge is -2.60. The molecule has 2 aromatic heterocycles. The number of carbonyl (C=O) groups excluding carboxylic acids is 1. The van der Waals surface area contributed by atoms with Crippen molar-refractivity contribution in [1.82, 2.24) is 9.97 Å². The molecule has 1 N–H and O–H groups in total. The molecule has 4 saturated carbocycles. The number of amides is 1. The molecule has 4 aliphatic rings. The normalized spacial score (nSPS) is 34.8. The minimum atomic E-state index is 0.120. The van der Waals surface area contributed by atoms with Gasteiger partial charge in [0.1, 0.15) is 0 Å². The molecule has 0 aromatic carbocycles. The van der Waals surface area contributed by atoms with Gasteiger partial charge >= 0.3 is 0 Å². The van der Waals surface area contributed by atoms with E-state index in [1.54, 1.807) is 12.4 Å². The van der Waals surface area contributed by atoms with Crippen LogP contribution in [0.3, 0.4) is 0 Å². The fourth-order valence-electron chi connectivity index (χ4n) is 6.02. The Morgan fingerprint density at radius 2 is 2.12 bits per heavy atom. The number of hydrogen-bond donors (Lipinski definition) is 1. The van der Waals surface area contributed by atoms with E-state index < -0.39 is 0 Å². The van der Waals surface area contributed by atoms with Crippen molar-refractivity contribution in [3.05, 3.63) is 29.9 Å². The molecule has 4 bridgehead atoms. The number of rotatable bonds is 4. The van der Waals surface area contributed by atoms with Crippen LogP contribution >= 0.6 is 27.3 Å². The highest BCUT2D eigenvalue weighted by molar-refractivity contribution is 9.10. The third-order valence-corrected chi connectivity index (χ3v) is 8.04. The van der Waals surface area contributed by atoms with E-state index in [0.717, 1.165) is 29.5 Å². The maximum atomic E-state index is 12.8. The van der Waals surface area contributed by atoms with Crippen LogP contribution in [0.5, 0.6) is 0 Å². The van der Waals surface area contributed by atoms with Gasteiger partial charge in [-0.3, -0.25) is 9.78 Å². The van der Waals surface area contributed by atoms with Crippen molar-refractivity contribution in [3.8, 4) is 11.3 Å². The number of carbonyl (C=O) groups is 1. The lowest BCUT2D eigenvalue weighted by Crippen LogP contribution is -2.53. The Labute approximate surface area is 166 Å². The van der Waals surface area contributed by atoms with E-state index in [9.17, 15) is 4.79 Å². The number of nitrogens with zero attached hydrogens (tertiary/aromatic N) is 2. The van der Waals surface area contributed by atoms with Crippen molar-refractivity contribution in [2.45, 2.75) is 49.3 Å². The first-order chi connectivity index (χ1) is 12.5. The van der Waals surface area contributed by atoms with Gasteiger partial charge in [-0.1, -0.05) is 15.9 Å². The summed E-state index contributed by atoms with van der Waals surface area (Å²) in [5.74, 6) is 1.73. The first-order valence-corrected chi connectivity index (χ1v) is 11.0. The molecule has 4 nitrogen and oxygen atoms in total. The van der Waals surface area contributed by atoms with Crippen LogP contribution < -0.4 is 5.32 Å². The van der Waals surface area contributed by atoms with E-state index >= 15 is 0 Å². The molecule has 4 fully saturated rings. The summed E-state index contributed by atoms with van der Waals surface area (Å²) in [5.41, 5.74) is 2.04. The van der Waals surface area contributed by atoms with Gasteiger partial charge in [0, 0.05) is 34.1 Å². The van der Waals surface area contributed by atoms with Crippen LogP contribution in [0.25, 0.3) is 11.3 Å². The molecular weight excluding hydrogens is 410 g/mol. The second kappa shape index (κ2) is 6.13. The molecule has 2 unspecified atom stereocenters. The van der Waals surface area contributed by atoms with Gasteiger partial charge in [0.05, 0.1) is 5.69 Å². The Bertz CT molecular complexity index is 823. The topological polar surface area (TPSA) is 54.9 Å². The number of aromatic nitrogens is 2. The molecule has 2 aromatic rings. The number of thiazole rings is 1. The highest BCUT2D eigenvalue weighted by Gasteiger charge is 2.57. The number of anilines is 1. The Hall–Kier alpha value is -1.27. The highest BCUT2D eigenvalue weighted by atomic mass is 79.9.